The van der Waals surface area contributed by atoms with E-state index in [0.29, 0.717) is 25.4 Å². The lowest BCUT2D eigenvalue weighted by molar-refractivity contribution is -0.121. The first-order valence-corrected chi connectivity index (χ1v) is 7.74. The van der Waals surface area contributed by atoms with Crippen molar-refractivity contribution in [3.8, 4) is 0 Å². The normalized spacial score (nSPS) is 12.2. The van der Waals surface area contributed by atoms with Crippen molar-refractivity contribution in [1.29, 1.82) is 0 Å². The fourth-order valence-electron chi connectivity index (χ4n) is 2.25. The summed E-state index contributed by atoms with van der Waals surface area (Å²) in [5, 5.41) is 3.70. The number of amides is 1. The largest absolute Gasteiger partial charge is 0.356 e. The van der Waals surface area contributed by atoms with Gasteiger partial charge < -0.3 is 11.1 Å². The molecule has 1 rings (SSSR count). The summed E-state index contributed by atoms with van der Waals surface area (Å²) in [4.78, 5) is 11.8. The van der Waals surface area contributed by atoms with Crippen LogP contribution >= 0.6 is 11.6 Å². The highest BCUT2D eigenvalue weighted by molar-refractivity contribution is 6.30. The summed E-state index contributed by atoms with van der Waals surface area (Å²) in [5.74, 6) is 0.696. The maximum absolute atomic E-state index is 11.8. The van der Waals surface area contributed by atoms with Gasteiger partial charge in [0, 0.05) is 18.0 Å². The first-order chi connectivity index (χ1) is 9.65. The standard InChI is InChI=1S/C16H25ClN2O/c1-2-13(8-10-18)6-7-16(20)19-11-9-14-4-3-5-15(17)12-14/h3-5,12-13H,2,6-11,18H2,1H3,(H,19,20). The molecule has 0 radical (unpaired) electrons. The molecule has 0 heterocycles. The molecule has 4 heteroatoms. The average molecular weight is 297 g/mol. The zero-order chi connectivity index (χ0) is 14.8. The van der Waals surface area contributed by atoms with E-state index in [4.69, 9.17) is 17.3 Å². The van der Waals surface area contributed by atoms with Gasteiger partial charge in [-0.15, -0.1) is 0 Å². The minimum absolute atomic E-state index is 0.127. The lowest BCUT2D eigenvalue weighted by Gasteiger charge is -2.13. The van der Waals surface area contributed by atoms with Crippen LogP contribution in [0.1, 0.15) is 38.2 Å². The van der Waals surface area contributed by atoms with Crippen LogP contribution in [0.5, 0.6) is 0 Å². The van der Waals surface area contributed by atoms with E-state index in [1.165, 1.54) is 0 Å². The molecule has 112 valence electrons. The molecule has 0 aromatic heterocycles. The molecule has 1 atom stereocenters. The molecule has 0 bridgehead atoms. The number of nitrogens with one attached hydrogen (secondary N) is 1. The lowest BCUT2D eigenvalue weighted by atomic mass is 9.96. The smallest absolute Gasteiger partial charge is 0.220 e. The maximum atomic E-state index is 11.8. The van der Waals surface area contributed by atoms with Crippen LogP contribution in [0.25, 0.3) is 0 Å². The third-order valence-corrected chi connectivity index (χ3v) is 3.79. The van der Waals surface area contributed by atoms with Gasteiger partial charge in [0.2, 0.25) is 5.91 Å². The van der Waals surface area contributed by atoms with Crippen LogP contribution in [0, 0.1) is 5.92 Å². The predicted molar refractivity (Wildman–Crippen MR) is 84.9 cm³/mol. The van der Waals surface area contributed by atoms with E-state index < -0.39 is 0 Å². The number of hydrogen-bond acceptors (Lipinski definition) is 2. The first-order valence-electron chi connectivity index (χ1n) is 7.37. The Morgan fingerprint density at radius 2 is 2.20 bits per heavy atom. The van der Waals surface area contributed by atoms with E-state index in [1.807, 2.05) is 24.3 Å². The van der Waals surface area contributed by atoms with E-state index in [-0.39, 0.29) is 5.91 Å². The van der Waals surface area contributed by atoms with Gasteiger partial charge in [0.25, 0.3) is 0 Å². The average Bonchev–Trinajstić information content (AvgIpc) is 2.43. The zero-order valence-corrected chi connectivity index (χ0v) is 13.0. The van der Waals surface area contributed by atoms with Crippen LogP contribution in [-0.4, -0.2) is 19.0 Å². The highest BCUT2D eigenvalue weighted by Gasteiger charge is 2.08. The SMILES string of the molecule is CCC(CCN)CCC(=O)NCCc1cccc(Cl)c1. The van der Waals surface area contributed by atoms with Crippen molar-refractivity contribution < 1.29 is 4.79 Å². The van der Waals surface area contributed by atoms with Crippen molar-refractivity contribution in [2.24, 2.45) is 11.7 Å². The van der Waals surface area contributed by atoms with Crippen molar-refractivity contribution in [3.05, 3.63) is 34.9 Å². The molecule has 0 aliphatic rings. The summed E-state index contributed by atoms with van der Waals surface area (Å²) in [6, 6.07) is 7.73. The Kier molecular flexibility index (Phi) is 8.31. The Bertz CT molecular complexity index is 409. The maximum Gasteiger partial charge on any atom is 0.220 e. The predicted octanol–water partition coefficient (Wildman–Crippen LogP) is 3.15. The Hall–Kier alpha value is -1.06. The van der Waals surface area contributed by atoms with Gasteiger partial charge in [0.1, 0.15) is 0 Å². The molecule has 3 nitrogen and oxygen atoms in total. The summed E-state index contributed by atoms with van der Waals surface area (Å²) < 4.78 is 0. The molecular weight excluding hydrogens is 272 g/mol. The Morgan fingerprint density at radius 1 is 1.40 bits per heavy atom. The second kappa shape index (κ2) is 9.78. The number of benzene rings is 1. The quantitative estimate of drug-likeness (QED) is 0.735. The second-order valence-electron chi connectivity index (χ2n) is 5.12. The molecule has 1 amide bonds. The number of carbonyl (C=O) groups is 1. The summed E-state index contributed by atoms with van der Waals surface area (Å²) >= 11 is 5.92. The van der Waals surface area contributed by atoms with E-state index >= 15 is 0 Å². The molecule has 0 saturated heterocycles. The fourth-order valence-corrected chi connectivity index (χ4v) is 2.46. The van der Waals surface area contributed by atoms with Crippen LogP contribution in [-0.2, 0) is 11.2 Å². The molecule has 0 saturated carbocycles. The van der Waals surface area contributed by atoms with Crippen LogP contribution in [0.3, 0.4) is 0 Å². The van der Waals surface area contributed by atoms with Gasteiger partial charge >= 0.3 is 0 Å². The number of nitrogens with two attached hydrogens (primary N) is 1. The number of halogens is 1. The monoisotopic (exact) mass is 296 g/mol. The van der Waals surface area contributed by atoms with Crippen molar-refractivity contribution in [1.82, 2.24) is 5.32 Å². The van der Waals surface area contributed by atoms with Crippen LogP contribution in [0.2, 0.25) is 5.02 Å². The zero-order valence-electron chi connectivity index (χ0n) is 12.2. The summed E-state index contributed by atoms with van der Waals surface area (Å²) in [5.41, 5.74) is 6.70. The van der Waals surface area contributed by atoms with Crippen molar-refractivity contribution in [3.63, 3.8) is 0 Å². The Labute approximate surface area is 126 Å². The number of hydrogen-bond donors (Lipinski definition) is 2. The Balaban J connectivity index is 2.20. The fraction of sp³-hybridized carbons (Fsp3) is 0.562. The van der Waals surface area contributed by atoms with Crippen molar-refractivity contribution in [2.75, 3.05) is 13.1 Å². The van der Waals surface area contributed by atoms with E-state index in [0.717, 1.165) is 36.3 Å². The van der Waals surface area contributed by atoms with Gasteiger partial charge in [-0.05, 0) is 49.4 Å². The molecule has 3 N–H and O–H groups in total. The van der Waals surface area contributed by atoms with Crippen LogP contribution < -0.4 is 11.1 Å². The molecular formula is C16H25ClN2O. The molecule has 0 fully saturated rings. The number of carbonyl (C=O) groups excluding carboxylic acids is 1. The molecule has 1 aromatic rings. The molecule has 1 unspecified atom stereocenters. The van der Waals surface area contributed by atoms with Gasteiger partial charge in [-0.25, -0.2) is 0 Å². The molecule has 0 aliphatic heterocycles. The number of rotatable bonds is 9. The van der Waals surface area contributed by atoms with Crippen molar-refractivity contribution in [2.45, 2.75) is 39.0 Å². The third-order valence-electron chi connectivity index (χ3n) is 3.56. The van der Waals surface area contributed by atoms with Crippen molar-refractivity contribution >= 4 is 17.5 Å². The molecule has 1 aromatic carbocycles. The topological polar surface area (TPSA) is 55.1 Å². The van der Waals surface area contributed by atoms with E-state index in [1.54, 1.807) is 0 Å². The third kappa shape index (κ3) is 6.92. The van der Waals surface area contributed by atoms with E-state index in [9.17, 15) is 4.79 Å². The minimum Gasteiger partial charge on any atom is -0.356 e. The van der Waals surface area contributed by atoms with E-state index in [2.05, 4.69) is 12.2 Å². The van der Waals surface area contributed by atoms with Crippen LogP contribution in [0.15, 0.2) is 24.3 Å². The second-order valence-corrected chi connectivity index (χ2v) is 5.56. The van der Waals surface area contributed by atoms with Crippen LogP contribution in [0.4, 0.5) is 0 Å². The summed E-state index contributed by atoms with van der Waals surface area (Å²) in [7, 11) is 0. The molecule has 20 heavy (non-hydrogen) atoms. The molecule has 0 spiro atoms. The lowest BCUT2D eigenvalue weighted by Crippen LogP contribution is -2.26. The molecule has 0 aliphatic carbocycles. The Morgan fingerprint density at radius 3 is 2.85 bits per heavy atom. The highest BCUT2D eigenvalue weighted by Crippen LogP contribution is 2.14. The first kappa shape index (κ1) is 17.0. The summed E-state index contributed by atoms with van der Waals surface area (Å²) in [6.45, 7) is 3.51. The minimum atomic E-state index is 0.127. The highest BCUT2D eigenvalue weighted by atomic mass is 35.5. The van der Waals surface area contributed by atoms with Gasteiger partial charge in [-0.1, -0.05) is 37.1 Å². The van der Waals surface area contributed by atoms with Gasteiger partial charge in [0.05, 0.1) is 0 Å². The van der Waals surface area contributed by atoms with Gasteiger partial charge in [-0.3, -0.25) is 4.79 Å². The summed E-state index contributed by atoms with van der Waals surface area (Å²) in [6.07, 6.45) is 4.43. The van der Waals surface area contributed by atoms with Gasteiger partial charge in [-0.2, -0.15) is 0 Å². The van der Waals surface area contributed by atoms with Gasteiger partial charge in [0.15, 0.2) is 0 Å².